The van der Waals surface area contributed by atoms with E-state index in [9.17, 15) is 9.59 Å². The molecule has 1 saturated carbocycles. The molecule has 2 aliphatic rings. The van der Waals surface area contributed by atoms with Crippen LogP contribution in [0.15, 0.2) is 18.2 Å². The molecule has 0 spiro atoms. The average Bonchev–Trinajstić information content (AvgIpc) is 3.23. The van der Waals surface area contributed by atoms with Crippen molar-refractivity contribution in [3.8, 4) is 0 Å². The van der Waals surface area contributed by atoms with E-state index < -0.39 is 0 Å². The molecule has 4 heteroatoms. The van der Waals surface area contributed by atoms with Gasteiger partial charge in [-0.25, -0.2) is 0 Å². The minimum atomic E-state index is -0.233. The molecule has 142 valence electrons. The lowest BCUT2D eigenvalue weighted by atomic mass is 9.92. The molecular formula is C22H32N2O2. The molecule has 0 aromatic heterocycles. The molecule has 1 N–H and O–H groups in total. The van der Waals surface area contributed by atoms with Gasteiger partial charge in [0.2, 0.25) is 11.8 Å². The molecule has 3 rings (SSSR count). The van der Waals surface area contributed by atoms with Gasteiger partial charge in [0.1, 0.15) is 0 Å². The second-order valence-electron chi connectivity index (χ2n) is 8.49. The predicted octanol–water partition coefficient (Wildman–Crippen LogP) is 4.35. The highest BCUT2D eigenvalue weighted by Crippen LogP contribution is 2.38. The van der Waals surface area contributed by atoms with Crippen LogP contribution in [0.3, 0.4) is 0 Å². The van der Waals surface area contributed by atoms with Crippen molar-refractivity contribution in [3.63, 3.8) is 0 Å². The van der Waals surface area contributed by atoms with Gasteiger partial charge < -0.3 is 10.2 Å². The van der Waals surface area contributed by atoms with Crippen LogP contribution in [0.25, 0.3) is 0 Å². The predicted molar refractivity (Wildman–Crippen MR) is 105 cm³/mol. The molecule has 2 fully saturated rings. The smallest absolute Gasteiger partial charge is 0.227 e. The number of benzene rings is 1. The van der Waals surface area contributed by atoms with Crippen LogP contribution in [0.1, 0.15) is 82.8 Å². The van der Waals surface area contributed by atoms with Crippen LogP contribution in [0.5, 0.6) is 0 Å². The molecule has 1 aliphatic carbocycles. The lowest BCUT2D eigenvalue weighted by Crippen LogP contribution is -2.38. The zero-order chi connectivity index (χ0) is 18.8. The second kappa shape index (κ2) is 7.81. The van der Waals surface area contributed by atoms with E-state index >= 15 is 0 Å². The number of nitrogens with one attached hydrogen (secondary N) is 1. The number of amides is 2. The largest absolute Gasteiger partial charge is 0.353 e. The Morgan fingerprint density at radius 1 is 1.08 bits per heavy atom. The number of carbonyl (C=O) groups excluding carboxylic acids is 2. The van der Waals surface area contributed by atoms with Crippen LogP contribution >= 0.6 is 0 Å². The maximum atomic E-state index is 12.8. The Kier molecular flexibility index (Phi) is 5.69. The van der Waals surface area contributed by atoms with Crippen molar-refractivity contribution in [1.29, 1.82) is 0 Å². The molecule has 4 nitrogen and oxygen atoms in total. The van der Waals surface area contributed by atoms with Crippen LogP contribution < -0.4 is 10.2 Å². The fraction of sp³-hybridized carbons (Fsp3) is 0.636. The van der Waals surface area contributed by atoms with Gasteiger partial charge in [-0.2, -0.15) is 0 Å². The summed E-state index contributed by atoms with van der Waals surface area (Å²) in [7, 11) is 0. The number of nitrogens with zero attached hydrogens (tertiary/aromatic N) is 1. The number of anilines is 1. The van der Waals surface area contributed by atoms with Gasteiger partial charge >= 0.3 is 0 Å². The Morgan fingerprint density at radius 3 is 2.19 bits per heavy atom. The Bertz CT molecular complexity index is 648. The third-order valence-corrected chi connectivity index (χ3v) is 5.81. The molecule has 0 bridgehead atoms. The summed E-state index contributed by atoms with van der Waals surface area (Å²) >= 11 is 0. The van der Waals surface area contributed by atoms with E-state index in [2.05, 4.69) is 51.2 Å². The molecule has 1 atom stereocenters. The van der Waals surface area contributed by atoms with Crippen LogP contribution in [-0.4, -0.2) is 24.4 Å². The number of hydrogen-bond donors (Lipinski definition) is 1. The van der Waals surface area contributed by atoms with Crippen molar-refractivity contribution in [2.75, 3.05) is 11.4 Å². The summed E-state index contributed by atoms with van der Waals surface area (Å²) in [5.74, 6) is 0.571. The normalized spacial score (nSPS) is 21.2. The highest BCUT2D eigenvalue weighted by Gasteiger charge is 2.38. The molecule has 1 aromatic rings. The van der Waals surface area contributed by atoms with E-state index in [1.807, 2.05) is 4.90 Å². The van der Waals surface area contributed by atoms with Crippen LogP contribution in [0.2, 0.25) is 0 Å². The summed E-state index contributed by atoms with van der Waals surface area (Å²) in [5.41, 5.74) is 3.43. The molecule has 1 aromatic carbocycles. The fourth-order valence-electron chi connectivity index (χ4n) is 4.31. The third kappa shape index (κ3) is 3.79. The van der Waals surface area contributed by atoms with Gasteiger partial charge in [-0.3, -0.25) is 9.59 Å². The zero-order valence-electron chi connectivity index (χ0n) is 16.5. The Balaban J connectivity index is 1.83. The van der Waals surface area contributed by atoms with Crippen molar-refractivity contribution in [2.24, 2.45) is 5.92 Å². The molecule has 1 saturated heterocycles. The quantitative estimate of drug-likeness (QED) is 0.853. The summed E-state index contributed by atoms with van der Waals surface area (Å²) < 4.78 is 0. The van der Waals surface area contributed by atoms with Gasteiger partial charge in [-0.15, -0.1) is 0 Å². The first kappa shape index (κ1) is 18.9. The molecule has 1 heterocycles. The van der Waals surface area contributed by atoms with Crippen molar-refractivity contribution in [3.05, 3.63) is 29.3 Å². The van der Waals surface area contributed by atoms with Gasteiger partial charge in [0.15, 0.2) is 0 Å². The number of carbonyl (C=O) groups is 2. The average molecular weight is 357 g/mol. The Morgan fingerprint density at radius 2 is 1.65 bits per heavy atom. The minimum Gasteiger partial charge on any atom is -0.353 e. The van der Waals surface area contributed by atoms with E-state index in [1.54, 1.807) is 0 Å². The SMILES string of the molecule is CC(C)c1cccc(C(C)C)c1N1CC(C(=O)NC2CCCC2)CC1=O. The molecule has 1 aliphatic heterocycles. The van der Waals surface area contributed by atoms with E-state index in [0.717, 1.165) is 18.5 Å². The van der Waals surface area contributed by atoms with Gasteiger partial charge in [0.25, 0.3) is 0 Å². The first-order valence-corrected chi connectivity index (χ1v) is 10.1. The van der Waals surface area contributed by atoms with Crippen LogP contribution in [0, 0.1) is 5.92 Å². The maximum Gasteiger partial charge on any atom is 0.227 e. The molecule has 0 radical (unpaired) electrons. The van der Waals surface area contributed by atoms with E-state index in [1.165, 1.54) is 24.0 Å². The number of hydrogen-bond acceptors (Lipinski definition) is 2. The third-order valence-electron chi connectivity index (χ3n) is 5.81. The van der Waals surface area contributed by atoms with Crippen molar-refractivity contribution in [1.82, 2.24) is 5.32 Å². The summed E-state index contributed by atoms with van der Waals surface area (Å²) in [6, 6.07) is 6.62. The van der Waals surface area contributed by atoms with Crippen LogP contribution in [-0.2, 0) is 9.59 Å². The first-order valence-electron chi connectivity index (χ1n) is 10.1. The molecule has 2 amide bonds. The topological polar surface area (TPSA) is 49.4 Å². The monoisotopic (exact) mass is 356 g/mol. The Hall–Kier alpha value is -1.84. The highest BCUT2D eigenvalue weighted by atomic mass is 16.2. The van der Waals surface area contributed by atoms with Gasteiger partial charge in [0, 0.05) is 19.0 Å². The lowest BCUT2D eigenvalue weighted by Gasteiger charge is -2.27. The first-order chi connectivity index (χ1) is 12.4. The lowest BCUT2D eigenvalue weighted by molar-refractivity contribution is -0.126. The van der Waals surface area contributed by atoms with E-state index in [4.69, 9.17) is 0 Å². The summed E-state index contributed by atoms with van der Waals surface area (Å²) in [6.45, 7) is 9.14. The highest BCUT2D eigenvalue weighted by molar-refractivity contribution is 6.01. The standard InChI is InChI=1S/C22H32N2O2/c1-14(2)18-10-7-11-19(15(3)4)21(18)24-13-16(12-20(24)25)22(26)23-17-8-5-6-9-17/h7,10-11,14-17H,5-6,8-9,12-13H2,1-4H3,(H,23,26). The summed E-state index contributed by atoms with van der Waals surface area (Å²) in [5, 5.41) is 3.17. The summed E-state index contributed by atoms with van der Waals surface area (Å²) in [4.78, 5) is 27.4. The van der Waals surface area contributed by atoms with Crippen LogP contribution in [0.4, 0.5) is 5.69 Å². The van der Waals surface area contributed by atoms with Gasteiger partial charge in [-0.1, -0.05) is 58.7 Å². The van der Waals surface area contributed by atoms with Gasteiger partial charge in [0.05, 0.1) is 11.6 Å². The molecule has 1 unspecified atom stereocenters. The second-order valence-corrected chi connectivity index (χ2v) is 8.49. The van der Waals surface area contributed by atoms with Crippen molar-refractivity contribution < 1.29 is 9.59 Å². The van der Waals surface area contributed by atoms with E-state index in [0.29, 0.717) is 30.8 Å². The Labute approximate surface area is 157 Å². The van der Waals surface area contributed by atoms with Crippen molar-refractivity contribution >= 4 is 17.5 Å². The molecule has 26 heavy (non-hydrogen) atoms. The van der Waals surface area contributed by atoms with Crippen molar-refractivity contribution in [2.45, 2.75) is 77.7 Å². The summed E-state index contributed by atoms with van der Waals surface area (Å²) in [6.07, 6.45) is 4.86. The minimum absolute atomic E-state index is 0.0564. The molecular weight excluding hydrogens is 324 g/mol. The maximum absolute atomic E-state index is 12.8. The number of para-hydroxylation sites is 1. The van der Waals surface area contributed by atoms with Gasteiger partial charge in [-0.05, 0) is 35.8 Å². The fourth-order valence-corrected chi connectivity index (χ4v) is 4.31. The zero-order valence-corrected chi connectivity index (χ0v) is 16.5. The number of rotatable bonds is 5. The van der Waals surface area contributed by atoms with E-state index in [-0.39, 0.29) is 17.7 Å².